The van der Waals surface area contributed by atoms with Crippen LogP contribution in [-0.4, -0.2) is 43.3 Å². The normalized spacial score (nSPS) is 26.4. The fourth-order valence-corrected chi connectivity index (χ4v) is 1.89. The Labute approximate surface area is 87.6 Å². The van der Waals surface area contributed by atoms with Crippen molar-refractivity contribution in [2.45, 2.75) is 45.2 Å². The van der Waals surface area contributed by atoms with Gasteiger partial charge in [0.1, 0.15) is 0 Å². The van der Waals surface area contributed by atoms with Crippen molar-refractivity contribution in [1.82, 2.24) is 4.90 Å². The second kappa shape index (κ2) is 6.38. The quantitative estimate of drug-likeness (QED) is 0.725. The average Bonchev–Trinajstić information content (AvgIpc) is 2.18. The molecule has 0 aromatic rings. The van der Waals surface area contributed by atoms with Crippen LogP contribution in [0.1, 0.15) is 33.1 Å². The van der Waals surface area contributed by atoms with Gasteiger partial charge in [-0.25, -0.2) is 0 Å². The van der Waals surface area contributed by atoms with E-state index in [2.05, 4.69) is 18.7 Å². The van der Waals surface area contributed by atoms with Crippen LogP contribution in [-0.2, 0) is 4.74 Å². The van der Waals surface area contributed by atoms with Crippen LogP contribution in [0.15, 0.2) is 0 Å². The SMILES string of the molecule is CCCCC(N)CN1CCOCC1C. The predicted octanol–water partition coefficient (Wildman–Crippen LogP) is 1.22. The molecule has 0 spiro atoms. The summed E-state index contributed by atoms with van der Waals surface area (Å²) in [6.45, 7) is 8.23. The van der Waals surface area contributed by atoms with Crippen molar-refractivity contribution in [3.8, 4) is 0 Å². The van der Waals surface area contributed by atoms with Gasteiger partial charge in [-0.05, 0) is 13.3 Å². The van der Waals surface area contributed by atoms with Gasteiger partial charge in [0.25, 0.3) is 0 Å². The first-order valence-corrected chi connectivity index (χ1v) is 5.81. The van der Waals surface area contributed by atoms with E-state index >= 15 is 0 Å². The van der Waals surface area contributed by atoms with Gasteiger partial charge in [0.05, 0.1) is 13.2 Å². The Morgan fingerprint density at radius 1 is 1.57 bits per heavy atom. The zero-order valence-electron chi connectivity index (χ0n) is 9.54. The molecule has 0 aliphatic carbocycles. The summed E-state index contributed by atoms with van der Waals surface area (Å²) in [5.74, 6) is 0. The highest BCUT2D eigenvalue weighted by Crippen LogP contribution is 2.08. The fourth-order valence-electron chi connectivity index (χ4n) is 1.89. The topological polar surface area (TPSA) is 38.5 Å². The smallest absolute Gasteiger partial charge is 0.0619 e. The van der Waals surface area contributed by atoms with E-state index < -0.39 is 0 Å². The Kier molecular flexibility index (Phi) is 5.45. The molecular formula is C11H24N2O. The molecule has 1 aliphatic rings. The number of morpholine rings is 1. The molecule has 1 rings (SSSR count). The van der Waals surface area contributed by atoms with Gasteiger partial charge in [0, 0.05) is 25.2 Å². The number of nitrogens with zero attached hydrogens (tertiary/aromatic N) is 1. The molecule has 1 aliphatic heterocycles. The molecule has 1 heterocycles. The largest absolute Gasteiger partial charge is 0.379 e. The highest BCUT2D eigenvalue weighted by atomic mass is 16.5. The molecule has 1 saturated heterocycles. The highest BCUT2D eigenvalue weighted by Gasteiger charge is 2.20. The van der Waals surface area contributed by atoms with E-state index in [1.165, 1.54) is 12.8 Å². The maximum atomic E-state index is 6.07. The van der Waals surface area contributed by atoms with Crippen LogP contribution >= 0.6 is 0 Å². The molecule has 14 heavy (non-hydrogen) atoms. The second-order valence-corrected chi connectivity index (χ2v) is 4.32. The molecule has 2 N–H and O–H groups in total. The third-order valence-corrected chi connectivity index (χ3v) is 2.90. The number of unbranched alkanes of at least 4 members (excludes halogenated alkanes) is 1. The summed E-state index contributed by atoms with van der Waals surface area (Å²) >= 11 is 0. The van der Waals surface area contributed by atoms with Crippen molar-refractivity contribution in [2.24, 2.45) is 5.73 Å². The van der Waals surface area contributed by atoms with E-state index in [0.717, 1.165) is 32.7 Å². The van der Waals surface area contributed by atoms with E-state index in [1.54, 1.807) is 0 Å². The molecular weight excluding hydrogens is 176 g/mol. The van der Waals surface area contributed by atoms with Crippen molar-refractivity contribution in [2.75, 3.05) is 26.3 Å². The summed E-state index contributed by atoms with van der Waals surface area (Å²) in [5, 5.41) is 0. The molecule has 0 aromatic carbocycles. The van der Waals surface area contributed by atoms with Crippen molar-refractivity contribution in [3.63, 3.8) is 0 Å². The molecule has 2 unspecified atom stereocenters. The average molecular weight is 200 g/mol. The molecule has 0 saturated carbocycles. The Bertz CT molecular complexity index is 152. The summed E-state index contributed by atoms with van der Waals surface area (Å²) in [4.78, 5) is 2.45. The van der Waals surface area contributed by atoms with Crippen LogP contribution in [0.4, 0.5) is 0 Å². The van der Waals surface area contributed by atoms with Gasteiger partial charge < -0.3 is 10.5 Å². The van der Waals surface area contributed by atoms with E-state index in [4.69, 9.17) is 10.5 Å². The monoisotopic (exact) mass is 200 g/mol. The number of hydrogen-bond acceptors (Lipinski definition) is 3. The lowest BCUT2D eigenvalue weighted by Crippen LogP contribution is -2.48. The van der Waals surface area contributed by atoms with Crippen molar-refractivity contribution in [1.29, 1.82) is 0 Å². The van der Waals surface area contributed by atoms with Crippen molar-refractivity contribution in [3.05, 3.63) is 0 Å². The molecule has 0 amide bonds. The molecule has 0 bridgehead atoms. The van der Waals surface area contributed by atoms with E-state index in [9.17, 15) is 0 Å². The van der Waals surface area contributed by atoms with Gasteiger partial charge in [-0.15, -0.1) is 0 Å². The summed E-state index contributed by atoms with van der Waals surface area (Å²) in [7, 11) is 0. The number of nitrogens with two attached hydrogens (primary N) is 1. The van der Waals surface area contributed by atoms with E-state index in [-0.39, 0.29) is 0 Å². The summed E-state index contributed by atoms with van der Waals surface area (Å²) in [6, 6.07) is 0.881. The molecule has 84 valence electrons. The minimum Gasteiger partial charge on any atom is -0.379 e. The maximum Gasteiger partial charge on any atom is 0.0619 e. The van der Waals surface area contributed by atoms with Gasteiger partial charge >= 0.3 is 0 Å². The van der Waals surface area contributed by atoms with Gasteiger partial charge in [-0.2, -0.15) is 0 Å². The lowest BCUT2D eigenvalue weighted by molar-refractivity contribution is -0.00307. The second-order valence-electron chi connectivity index (χ2n) is 4.32. The molecule has 2 atom stereocenters. The van der Waals surface area contributed by atoms with Crippen molar-refractivity contribution < 1.29 is 4.74 Å². The third kappa shape index (κ3) is 3.95. The lowest BCUT2D eigenvalue weighted by atomic mass is 10.1. The van der Waals surface area contributed by atoms with E-state index in [1.807, 2.05) is 0 Å². The Morgan fingerprint density at radius 3 is 3.00 bits per heavy atom. The zero-order valence-corrected chi connectivity index (χ0v) is 9.54. The Morgan fingerprint density at radius 2 is 2.36 bits per heavy atom. The molecule has 3 nitrogen and oxygen atoms in total. The molecule has 1 fully saturated rings. The minimum absolute atomic E-state index is 0.343. The highest BCUT2D eigenvalue weighted by molar-refractivity contribution is 4.75. The van der Waals surface area contributed by atoms with Crippen LogP contribution in [0.2, 0.25) is 0 Å². The van der Waals surface area contributed by atoms with Crippen molar-refractivity contribution >= 4 is 0 Å². The minimum atomic E-state index is 0.343. The first-order chi connectivity index (χ1) is 6.74. The summed E-state index contributed by atoms with van der Waals surface area (Å²) < 4.78 is 5.39. The van der Waals surface area contributed by atoms with Gasteiger partial charge in [0.15, 0.2) is 0 Å². The maximum absolute atomic E-state index is 6.07. The number of rotatable bonds is 5. The number of ether oxygens (including phenoxy) is 1. The predicted molar refractivity (Wildman–Crippen MR) is 59.4 cm³/mol. The third-order valence-electron chi connectivity index (χ3n) is 2.90. The fraction of sp³-hybridized carbons (Fsp3) is 1.00. The van der Waals surface area contributed by atoms with E-state index in [0.29, 0.717) is 12.1 Å². The zero-order chi connectivity index (χ0) is 10.4. The molecule has 0 radical (unpaired) electrons. The van der Waals surface area contributed by atoms with Crippen LogP contribution in [0, 0.1) is 0 Å². The molecule has 3 heteroatoms. The number of hydrogen-bond donors (Lipinski definition) is 1. The standard InChI is InChI=1S/C11H24N2O/c1-3-4-5-11(12)8-13-6-7-14-9-10(13)2/h10-11H,3-9,12H2,1-2H3. The van der Waals surface area contributed by atoms with Crippen LogP contribution < -0.4 is 5.73 Å². The Balaban J connectivity index is 2.20. The van der Waals surface area contributed by atoms with Crippen LogP contribution in [0.25, 0.3) is 0 Å². The van der Waals surface area contributed by atoms with Gasteiger partial charge in [-0.3, -0.25) is 4.90 Å². The Hall–Kier alpha value is -0.120. The lowest BCUT2D eigenvalue weighted by Gasteiger charge is -2.34. The first kappa shape index (κ1) is 12.0. The molecule has 0 aromatic heterocycles. The first-order valence-electron chi connectivity index (χ1n) is 5.81. The van der Waals surface area contributed by atoms with Gasteiger partial charge in [0.2, 0.25) is 0 Å². The summed E-state index contributed by atoms with van der Waals surface area (Å²) in [5.41, 5.74) is 6.07. The van der Waals surface area contributed by atoms with Crippen LogP contribution in [0.3, 0.4) is 0 Å². The van der Waals surface area contributed by atoms with Gasteiger partial charge in [-0.1, -0.05) is 19.8 Å². The van der Waals surface area contributed by atoms with Crippen LogP contribution in [0.5, 0.6) is 0 Å². The summed E-state index contributed by atoms with van der Waals surface area (Å²) in [6.07, 6.45) is 3.65.